The van der Waals surface area contributed by atoms with Crippen molar-refractivity contribution in [2.45, 2.75) is 66.7 Å². The van der Waals surface area contributed by atoms with Gasteiger partial charge in [0.05, 0.1) is 6.61 Å². The Morgan fingerprint density at radius 3 is 2.37 bits per heavy atom. The normalized spacial score (nSPS) is 10.8. The van der Waals surface area contributed by atoms with E-state index in [1.54, 1.807) is 0 Å². The number of nitrogens with one attached hydrogen (secondary N) is 1. The van der Waals surface area contributed by atoms with Gasteiger partial charge >= 0.3 is 0 Å². The van der Waals surface area contributed by atoms with Gasteiger partial charge in [0.15, 0.2) is 0 Å². The molecule has 0 aromatic heterocycles. The highest BCUT2D eigenvalue weighted by Gasteiger charge is 1.99. The number of benzene rings is 1. The predicted molar refractivity (Wildman–Crippen MR) is 117 cm³/mol. The molecule has 0 spiro atoms. The number of carbonyl (C=O) groups is 1. The topological polar surface area (TPSA) is 38.3 Å². The fourth-order valence-electron chi connectivity index (χ4n) is 2.48. The summed E-state index contributed by atoms with van der Waals surface area (Å²) >= 11 is 0. The van der Waals surface area contributed by atoms with Crippen LogP contribution in [0.2, 0.25) is 0 Å². The number of hydrogen-bond donors (Lipinski definition) is 1. The Morgan fingerprint density at radius 2 is 1.85 bits per heavy atom. The van der Waals surface area contributed by atoms with Gasteiger partial charge < -0.3 is 10.1 Å². The largest absolute Gasteiger partial charge is 0.494 e. The van der Waals surface area contributed by atoms with Crippen molar-refractivity contribution in [3.63, 3.8) is 0 Å². The number of carbonyl (C=O) groups excluding carboxylic acids is 1. The standard InChI is InChI=1S/C14H21NO2.C10H18/c1-3-15-14(16)6-4-5-11-17-13-9-7-12(2)8-10-13;1-5-7-10(8-6-2)9(3)4/h7-10H,3-6,11H2,1-2H3,(H,15,16);5,8-9H,1,6-7H2,2-4H3/b;10-8-. The average molecular weight is 374 g/mol. The Labute approximate surface area is 166 Å². The first kappa shape index (κ1) is 25.0. The van der Waals surface area contributed by atoms with Gasteiger partial charge in [-0.1, -0.05) is 56.2 Å². The van der Waals surface area contributed by atoms with Gasteiger partial charge in [-0.15, -0.1) is 6.58 Å². The van der Waals surface area contributed by atoms with Crippen molar-refractivity contribution in [3.05, 3.63) is 54.1 Å². The zero-order valence-corrected chi connectivity index (χ0v) is 18.0. The van der Waals surface area contributed by atoms with E-state index < -0.39 is 0 Å². The lowest BCUT2D eigenvalue weighted by molar-refractivity contribution is -0.121. The van der Waals surface area contributed by atoms with Crippen molar-refractivity contribution in [1.82, 2.24) is 5.32 Å². The van der Waals surface area contributed by atoms with E-state index in [9.17, 15) is 4.79 Å². The molecule has 0 fully saturated rings. The third-order valence-corrected chi connectivity index (χ3v) is 4.05. The molecule has 0 unspecified atom stereocenters. The minimum atomic E-state index is 0.128. The van der Waals surface area contributed by atoms with Crippen LogP contribution in [0.15, 0.2) is 48.6 Å². The second-order valence-electron chi connectivity index (χ2n) is 6.91. The zero-order chi connectivity index (χ0) is 20.5. The van der Waals surface area contributed by atoms with Crippen LogP contribution in [-0.4, -0.2) is 19.1 Å². The van der Waals surface area contributed by atoms with E-state index in [4.69, 9.17) is 4.74 Å². The molecule has 0 aliphatic heterocycles. The minimum absolute atomic E-state index is 0.128. The molecule has 152 valence electrons. The van der Waals surface area contributed by atoms with Crippen LogP contribution in [-0.2, 0) is 4.79 Å². The Bertz CT molecular complexity index is 544. The number of amides is 1. The van der Waals surface area contributed by atoms with Gasteiger partial charge in [-0.2, -0.15) is 0 Å². The zero-order valence-electron chi connectivity index (χ0n) is 18.0. The van der Waals surface area contributed by atoms with E-state index in [-0.39, 0.29) is 5.91 Å². The monoisotopic (exact) mass is 373 g/mol. The molecule has 0 atom stereocenters. The first-order valence-corrected chi connectivity index (χ1v) is 10.2. The molecule has 0 saturated heterocycles. The molecular formula is C24H39NO2. The van der Waals surface area contributed by atoms with Gasteiger partial charge in [-0.05, 0) is 57.6 Å². The maximum Gasteiger partial charge on any atom is 0.219 e. The van der Waals surface area contributed by atoms with Crippen LogP contribution in [0.3, 0.4) is 0 Å². The molecule has 27 heavy (non-hydrogen) atoms. The smallest absolute Gasteiger partial charge is 0.219 e. The van der Waals surface area contributed by atoms with E-state index in [0.29, 0.717) is 25.5 Å². The van der Waals surface area contributed by atoms with Crippen LogP contribution in [0.5, 0.6) is 5.75 Å². The molecule has 1 aromatic rings. The minimum Gasteiger partial charge on any atom is -0.494 e. The number of rotatable bonds is 11. The quantitative estimate of drug-likeness (QED) is 0.368. The third kappa shape index (κ3) is 13.8. The lowest BCUT2D eigenvalue weighted by Gasteiger charge is -2.07. The molecule has 1 rings (SSSR count). The van der Waals surface area contributed by atoms with Crippen molar-refractivity contribution in [2.75, 3.05) is 13.2 Å². The molecule has 1 amide bonds. The molecule has 0 heterocycles. The summed E-state index contributed by atoms with van der Waals surface area (Å²) in [4.78, 5) is 11.2. The molecule has 0 aliphatic carbocycles. The Morgan fingerprint density at radius 1 is 1.19 bits per heavy atom. The number of unbranched alkanes of at least 4 members (excludes halogenated alkanes) is 1. The average Bonchev–Trinajstić information content (AvgIpc) is 2.63. The van der Waals surface area contributed by atoms with Crippen LogP contribution in [0.1, 0.15) is 65.4 Å². The van der Waals surface area contributed by atoms with Crippen LogP contribution < -0.4 is 10.1 Å². The van der Waals surface area contributed by atoms with Crippen molar-refractivity contribution in [1.29, 1.82) is 0 Å². The van der Waals surface area contributed by atoms with Crippen molar-refractivity contribution >= 4 is 5.91 Å². The summed E-state index contributed by atoms with van der Waals surface area (Å²) in [6.07, 6.45) is 8.83. The highest BCUT2D eigenvalue weighted by molar-refractivity contribution is 5.75. The van der Waals surface area contributed by atoms with Gasteiger partial charge in [0.1, 0.15) is 5.75 Å². The van der Waals surface area contributed by atoms with E-state index in [1.165, 1.54) is 11.1 Å². The van der Waals surface area contributed by atoms with Crippen molar-refractivity contribution in [3.8, 4) is 5.75 Å². The summed E-state index contributed by atoms with van der Waals surface area (Å²) in [7, 11) is 0. The van der Waals surface area contributed by atoms with E-state index in [2.05, 4.69) is 45.7 Å². The van der Waals surface area contributed by atoms with E-state index in [0.717, 1.165) is 31.4 Å². The molecule has 0 aliphatic rings. The second kappa shape index (κ2) is 16.2. The van der Waals surface area contributed by atoms with Gasteiger partial charge in [0, 0.05) is 13.0 Å². The predicted octanol–water partition coefficient (Wildman–Crippen LogP) is 6.24. The fourth-order valence-corrected chi connectivity index (χ4v) is 2.48. The van der Waals surface area contributed by atoms with Gasteiger partial charge in [-0.25, -0.2) is 0 Å². The molecule has 0 bridgehead atoms. The van der Waals surface area contributed by atoms with Crippen molar-refractivity contribution < 1.29 is 9.53 Å². The molecule has 1 N–H and O–H groups in total. The number of allylic oxidation sites excluding steroid dienone is 3. The lowest BCUT2D eigenvalue weighted by atomic mass is 9.99. The summed E-state index contributed by atoms with van der Waals surface area (Å²) in [5.41, 5.74) is 2.74. The number of ether oxygens (including phenoxy) is 1. The van der Waals surface area contributed by atoms with Crippen LogP contribution >= 0.6 is 0 Å². The molecule has 1 aromatic carbocycles. The molecule has 0 saturated carbocycles. The van der Waals surface area contributed by atoms with Crippen LogP contribution in [0.25, 0.3) is 0 Å². The molecular weight excluding hydrogens is 334 g/mol. The summed E-state index contributed by atoms with van der Waals surface area (Å²) < 4.78 is 5.57. The maximum absolute atomic E-state index is 11.2. The fraction of sp³-hybridized carbons (Fsp3) is 0.542. The second-order valence-corrected chi connectivity index (χ2v) is 6.91. The first-order chi connectivity index (χ1) is 12.9. The highest BCUT2D eigenvalue weighted by atomic mass is 16.5. The molecule has 0 radical (unpaired) electrons. The number of aryl methyl sites for hydroxylation is 1. The Hall–Kier alpha value is -2.03. The lowest BCUT2D eigenvalue weighted by Crippen LogP contribution is -2.22. The Kier molecular flexibility index (Phi) is 15.0. The molecule has 3 heteroatoms. The van der Waals surface area contributed by atoms with E-state index in [1.807, 2.05) is 37.3 Å². The summed E-state index contributed by atoms with van der Waals surface area (Å²) in [5.74, 6) is 1.70. The van der Waals surface area contributed by atoms with Crippen LogP contribution in [0, 0.1) is 12.8 Å². The first-order valence-electron chi connectivity index (χ1n) is 10.2. The third-order valence-electron chi connectivity index (χ3n) is 4.05. The van der Waals surface area contributed by atoms with Crippen LogP contribution in [0.4, 0.5) is 0 Å². The SMILES string of the molecule is C=CC/C(=C/CC)C(C)C.CCNC(=O)CCCCOc1ccc(C)cc1. The van der Waals surface area contributed by atoms with Gasteiger partial charge in [0.25, 0.3) is 0 Å². The van der Waals surface area contributed by atoms with Gasteiger partial charge in [-0.3, -0.25) is 4.79 Å². The highest BCUT2D eigenvalue weighted by Crippen LogP contribution is 2.14. The number of hydrogen-bond acceptors (Lipinski definition) is 2. The summed E-state index contributed by atoms with van der Waals surface area (Å²) in [5, 5.41) is 2.78. The van der Waals surface area contributed by atoms with Gasteiger partial charge in [0.2, 0.25) is 5.91 Å². The summed E-state index contributed by atoms with van der Waals surface area (Å²) in [6.45, 7) is 15.7. The summed E-state index contributed by atoms with van der Waals surface area (Å²) in [6, 6.07) is 8.01. The van der Waals surface area contributed by atoms with E-state index >= 15 is 0 Å². The van der Waals surface area contributed by atoms with Crippen molar-refractivity contribution in [2.24, 2.45) is 5.92 Å². The Balaban J connectivity index is 0.000000580. The maximum atomic E-state index is 11.2. The molecule has 3 nitrogen and oxygen atoms in total.